The number of aliphatic carboxylic acids is 2. The van der Waals surface area contributed by atoms with Crippen molar-refractivity contribution in [3.8, 4) is 0 Å². The summed E-state index contributed by atoms with van der Waals surface area (Å²) >= 11 is 0. The predicted molar refractivity (Wildman–Crippen MR) is 144 cm³/mol. The molecule has 3 atom stereocenters. The summed E-state index contributed by atoms with van der Waals surface area (Å²) in [6.45, 7) is 0. The van der Waals surface area contributed by atoms with Gasteiger partial charge in [-0.3, -0.25) is 14.3 Å². The van der Waals surface area contributed by atoms with Crippen LogP contribution in [0, 0.1) is 0 Å². The zero-order chi connectivity index (χ0) is 37.4. The number of aromatic nitrogens is 2. The van der Waals surface area contributed by atoms with E-state index in [2.05, 4.69) is 14.7 Å². The largest absolute Gasteiger partial charge is 0.548 e. The number of carboxylic acid groups (broad SMARTS) is 2. The van der Waals surface area contributed by atoms with Gasteiger partial charge in [0.2, 0.25) is 0 Å². The van der Waals surface area contributed by atoms with Crippen LogP contribution < -0.4 is 20.8 Å². The van der Waals surface area contributed by atoms with Crippen molar-refractivity contribution in [3.63, 3.8) is 0 Å². The standard InChI is InChI=1S/C29H22F10N4O7/c30-25(31,23(48)42-19(21(44)45)9-13-11-40-17-7-3-1-5-15(13)17)27(33,34)29(38,39)50-26(32,28(35,36)37)24(49)43-20(22(46)47)10-14-12-41-18-8-4-2-6-16(14)18/h1-8,11-12,19-20,40-41H,9-10H2,(H,42,48)(H,43,49)(H,44,45)(H,46,47)/p-2. The number of halogens is 10. The number of carbonyl (C=O) groups excluding carboxylic acids is 4. The molecule has 4 N–H and O–H groups in total. The van der Waals surface area contributed by atoms with Crippen LogP contribution in [0.2, 0.25) is 0 Å². The van der Waals surface area contributed by atoms with Crippen molar-refractivity contribution in [1.82, 2.24) is 20.6 Å². The minimum Gasteiger partial charge on any atom is -0.548 e. The van der Waals surface area contributed by atoms with E-state index in [1.54, 1.807) is 0 Å². The fraction of sp³-hybridized carbons (Fsp3) is 0.310. The van der Waals surface area contributed by atoms with Crippen molar-refractivity contribution in [1.29, 1.82) is 0 Å². The predicted octanol–water partition coefficient (Wildman–Crippen LogP) is 2.01. The lowest BCUT2D eigenvalue weighted by Crippen LogP contribution is -2.68. The summed E-state index contributed by atoms with van der Waals surface area (Å²) in [5.74, 6) is -32.8. The summed E-state index contributed by atoms with van der Waals surface area (Å²) in [7, 11) is 0. The third-order valence-electron chi connectivity index (χ3n) is 7.35. The number of hydrogen-bond donors (Lipinski definition) is 4. The summed E-state index contributed by atoms with van der Waals surface area (Å²) in [5.41, 5.74) is 0.596. The number of carbonyl (C=O) groups is 4. The molecule has 270 valence electrons. The minimum atomic E-state index is -7.44. The van der Waals surface area contributed by atoms with Gasteiger partial charge in [-0.2, -0.15) is 43.9 Å². The Kier molecular flexibility index (Phi) is 9.88. The molecule has 0 radical (unpaired) electrons. The SMILES string of the molecule is O=C([O-])C(Cc1c[nH]c2ccccc12)NC(=O)C(F)(F)C(F)(F)C(F)(F)OC(F)(C(=O)NC(Cc1c[nH]c2ccccc12)C(=O)[O-])C(F)(F)F. The molecule has 0 aliphatic carbocycles. The first-order valence-electron chi connectivity index (χ1n) is 13.8. The van der Waals surface area contributed by atoms with Crippen LogP contribution in [0.5, 0.6) is 0 Å². The van der Waals surface area contributed by atoms with E-state index in [1.807, 2.05) is 0 Å². The van der Waals surface area contributed by atoms with E-state index < -0.39 is 78.7 Å². The monoisotopic (exact) mass is 726 g/mol. The maximum atomic E-state index is 15.1. The number of para-hydroxylation sites is 2. The number of hydrogen-bond acceptors (Lipinski definition) is 7. The fourth-order valence-electron chi connectivity index (χ4n) is 4.73. The lowest BCUT2D eigenvalue weighted by atomic mass is 10.0. The van der Waals surface area contributed by atoms with E-state index in [1.165, 1.54) is 48.5 Å². The molecule has 11 nitrogen and oxygen atoms in total. The summed E-state index contributed by atoms with van der Waals surface area (Å²) in [5, 5.41) is 25.2. The van der Waals surface area contributed by atoms with E-state index in [-0.39, 0.29) is 21.9 Å². The molecule has 0 saturated heterocycles. The fourth-order valence-corrected chi connectivity index (χ4v) is 4.73. The molecule has 21 heteroatoms. The molecule has 4 rings (SSSR count). The van der Waals surface area contributed by atoms with Crippen LogP contribution >= 0.6 is 0 Å². The lowest BCUT2D eigenvalue weighted by molar-refractivity contribution is -0.455. The Morgan fingerprint density at radius 2 is 1.06 bits per heavy atom. The maximum Gasteiger partial charge on any atom is 0.458 e. The first kappa shape index (κ1) is 37.5. The van der Waals surface area contributed by atoms with Gasteiger partial charge in [0.15, 0.2) is 0 Å². The van der Waals surface area contributed by atoms with E-state index in [4.69, 9.17) is 0 Å². The molecule has 0 bridgehead atoms. The second-order valence-electron chi connectivity index (χ2n) is 10.7. The molecule has 0 aliphatic heterocycles. The smallest absolute Gasteiger partial charge is 0.458 e. The van der Waals surface area contributed by atoms with E-state index in [0.29, 0.717) is 11.0 Å². The summed E-state index contributed by atoms with van der Waals surface area (Å²) in [6, 6.07) is 6.27. The first-order chi connectivity index (χ1) is 23.0. The van der Waals surface area contributed by atoms with Crippen molar-refractivity contribution in [2.45, 2.75) is 54.9 Å². The van der Waals surface area contributed by atoms with Crippen LogP contribution in [0.1, 0.15) is 11.1 Å². The minimum absolute atomic E-state index is 0.0307. The summed E-state index contributed by atoms with van der Waals surface area (Å²) in [6.07, 6.45) is -14.2. The number of rotatable bonds is 14. The molecule has 0 fully saturated rings. The number of fused-ring (bicyclic) bond motifs is 2. The molecule has 2 aromatic heterocycles. The van der Waals surface area contributed by atoms with Gasteiger partial charge in [-0.05, 0) is 23.3 Å². The summed E-state index contributed by atoms with van der Waals surface area (Å²) < 4.78 is 146. The number of H-pyrrole nitrogens is 2. The maximum absolute atomic E-state index is 15.1. The van der Waals surface area contributed by atoms with Crippen LogP contribution in [0.25, 0.3) is 21.8 Å². The number of carboxylic acids is 2. The first-order valence-corrected chi connectivity index (χ1v) is 13.8. The normalized spacial score (nSPS) is 15.3. The average molecular weight is 726 g/mol. The second-order valence-corrected chi connectivity index (χ2v) is 10.7. The van der Waals surface area contributed by atoms with E-state index in [0.717, 1.165) is 23.0 Å². The summed E-state index contributed by atoms with van der Waals surface area (Å²) in [4.78, 5) is 52.8. The van der Waals surface area contributed by atoms with Crippen molar-refractivity contribution in [2.75, 3.05) is 0 Å². The molecule has 0 aliphatic rings. The zero-order valence-corrected chi connectivity index (χ0v) is 24.5. The van der Waals surface area contributed by atoms with Crippen LogP contribution in [0.4, 0.5) is 43.9 Å². The molecule has 2 aromatic carbocycles. The van der Waals surface area contributed by atoms with Crippen molar-refractivity contribution in [2.24, 2.45) is 0 Å². The van der Waals surface area contributed by atoms with Gasteiger partial charge < -0.3 is 40.4 Å². The molecule has 2 heterocycles. The second kappa shape index (κ2) is 13.2. The molecule has 2 amide bonds. The highest BCUT2D eigenvalue weighted by Crippen LogP contribution is 2.50. The molecule has 4 aromatic rings. The number of nitrogens with one attached hydrogen (secondary N) is 4. The van der Waals surface area contributed by atoms with Crippen LogP contribution in [0.3, 0.4) is 0 Å². The quantitative estimate of drug-likeness (QED) is 0.144. The van der Waals surface area contributed by atoms with Crippen LogP contribution in [-0.2, 0) is 36.8 Å². The van der Waals surface area contributed by atoms with Gasteiger partial charge in [0.1, 0.15) is 0 Å². The van der Waals surface area contributed by atoms with Gasteiger partial charge in [0, 0.05) is 47.0 Å². The number of ether oxygens (including phenoxy) is 1. The average Bonchev–Trinajstić information content (AvgIpc) is 3.63. The molecular weight excluding hydrogens is 706 g/mol. The van der Waals surface area contributed by atoms with Crippen molar-refractivity contribution < 1.29 is 78.0 Å². The van der Waals surface area contributed by atoms with Gasteiger partial charge in [-0.1, -0.05) is 36.4 Å². The third-order valence-corrected chi connectivity index (χ3v) is 7.35. The Morgan fingerprint density at radius 3 is 1.46 bits per heavy atom. The molecular formula is C29H20F10N4O7-2. The molecule has 0 spiro atoms. The Labute approximate surface area is 271 Å². The van der Waals surface area contributed by atoms with Gasteiger partial charge in [-0.15, -0.1) is 0 Å². The third kappa shape index (κ3) is 6.89. The van der Waals surface area contributed by atoms with E-state index in [9.17, 15) is 68.9 Å². The highest BCUT2D eigenvalue weighted by atomic mass is 19.4. The highest BCUT2D eigenvalue weighted by Gasteiger charge is 2.80. The van der Waals surface area contributed by atoms with Crippen LogP contribution in [-0.4, -0.2) is 75.8 Å². The lowest BCUT2D eigenvalue weighted by Gasteiger charge is -2.36. The number of aromatic amines is 2. The number of amides is 2. The number of alkyl halides is 10. The Bertz CT molecular complexity index is 1930. The van der Waals surface area contributed by atoms with Crippen molar-refractivity contribution >= 4 is 45.6 Å². The molecule has 0 saturated carbocycles. The molecule has 3 unspecified atom stereocenters. The Morgan fingerprint density at radius 1 is 0.660 bits per heavy atom. The highest BCUT2D eigenvalue weighted by molar-refractivity contribution is 5.91. The Hall–Kier alpha value is -5.34. The van der Waals surface area contributed by atoms with Crippen molar-refractivity contribution in [3.05, 3.63) is 72.1 Å². The zero-order valence-electron chi connectivity index (χ0n) is 24.5. The Balaban J connectivity index is 1.57. The van der Waals surface area contributed by atoms with Gasteiger partial charge in [0.25, 0.3) is 11.8 Å². The number of benzene rings is 2. The topological polar surface area (TPSA) is 179 Å². The van der Waals surface area contributed by atoms with E-state index >= 15 is 4.39 Å². The van der Waals surface area contributed by atoms with Gasteiger partial charge in [-0.25, -0.2) is 0 Å². The molecule has 50 heavy (non-hydrogen) atoms. The van der Waals surface area contributed by atoms with Gasteiger partial charge in [0.05, 0.1) is 24.0 Å². The van der Waals surface area contributed by atoms with Gasteiger partial charge >= 0.3 is 30.0 Å². The van der Waals surface area contributed by atoms with Crippen LogP contribution in [0.15, 0.2) is 60.9 Å².